The Balaban J connectivity index is 1.86. The van der Waals surface area contributed by atoms with Crippen molar-refractivity contribution >= 4 is 27.0 Å². The van der Waals surface area contributed by atoms with Crippen LogP contribution < -0.4 is 0 Å². The van der Waals surface area contributed by atoms with Gasteiger partial charge in [0.05, 0.1) is 28.0 Å². The zero-order valence-corrected chi connectivity index (χ0v) is 14.6. The molecule has 1 fully saturated rings. The Bertz CT molecular complexity index is 987. The smallest absolute Gasteiger partial charge is 0.205 e. The molecule has 4 heterocycles. The molecule has 0 spiro atoms. The molecule has 2 aromatic heterocycles. The number of hydrogen-bond donors (Lipinski definition) is 2. The fourth-order valence-corrected chi connectivity index (χ4v) is 4.60. The standard InChI is InChI=1S/C16H14BrN3O4/c1-15-5-6-16(2,23-15)10-9(15)13(21)20(14(10)22)8-4-3-7(17)11-12(8)19-24-18-11/h3-4,21-22H,5-6H2,1-2H3. The molecule has 124 valence electrons. The highest BCUT2D eigenvalue weighted by Crippen LogP contribution is 2.64. The second-order valence-corrected chi connectivity index (χ2v) is 7.68. The molecular weight excluding hydrogens is 378 g/mol. The molecular formula is C16H14BrN3O4. The van der Waals surface area contributed by atoms with E-state index in [1.165, 1.54) is 4.57 Å². The van der Waals surface area contributed by atoms with E-state index in [2.05, 4.69) is 26.2 Å². The number of rotatable bonds is 1. The molecule has 2 atom stereocenters. The van der Waals surface area contributed by atoms with Crippen LogP contribution in [0.3, 0.4) is 0 Å². The minimum atomic E-state index is -0.590. The molecule has 5 rings (SSSR count). The summed E-state index contributed by atoms with van der Waals surface area (Å²) in [5.74, 6) is -0.0555. The van der Waals surface area contributed by atoms with Crippen LogP contribution in [-0.2, 0) is 15.9 Å². The molecule has 0 radical (unpaired) electrons. The summed E-state index contributed by atoms with van der Waals surface area (Å²) >= 11 is 3.39. The van der Waals surface area contributed by atoms with Crippen LogP contribution in [0.15, 0.2) is 21.2 Å². The molecule has 7 nitrogen and oxygen atoms in total. The summed E-state index contributed by atoms with van der Waals surface area (Å²) in [6, 6.07) is 3.53. The van der Waals surface area contributed by atoms with Crippen LogP contribution in [0.25, 0.3) is 16.7 Å². The maximum Gasteiger partial charge on any atom is 0.205 e. The Hall–Kier alpha value is -2.06. The van der Waals surface area contributed by atoms with E-state index in [1.54, 1.807) is 12.1 Å². The zero-order valence-electron chi connectivity index (χ0n) is 13.0. The number of fused-ring (bicyclic) bond motifs is 6. The zero-order chi connectivity index (χ0) is 16.9. The van der Waals surface area contributed by atoms with Crippen LogP contribution in [0, 0.1) is 0 Å². The van der Waals surface area contributed by atoms with Gasteiger partial charge < -0.3 is 14.9 Å². The number of halogens is 1. The van der Waals surface area contributed by atoms with Gasteiger partial charge in [0.15, 0.2) is 11.0 Å². The summed E-state index contributed by atoms with van der Waals surface area (Å²) in [6.45, 7) is 3.89. The van der Waals surface area contributed by atoms with Gasteiger partial charge >= 0.3 is 0 Å². The van der Waals surface area contributed by atoms with Gasteiger partial charge in [-0.1, -0.05) is 0 Å². The average molecular weight is 392 g/mol. The Morgan fingerprint density at radius 2 is 1.62 bits per heavy atom. The first-order valence-corrected chi connectivity index (χ1v) is 8.44. The van der Waals surface area contributed by atoms with Crippen molar-refractivity contribution in [1.82, 2.24) is 14.9 Å². The maximum atomic E-state index is 10.9. The largest absolute Gasteiger partial charge is 0.494 e. The molecule has 2 bridgehead atoms. The lowest BCUT2D eigenvalue weighted by molar-refractivity contribution is -0.0683. The van der Waals surface area contributed by atoms with Crippen molar-refractivity contribution in [2.45, 2.75) is 37.9 Å². The van der Waals surface area contributed by atoms with Gasteiger partial charge in [0, 0.05) is 4.47 Å². The third-order valence-corrected chi connectivity index (χ3v) is 5.93. The Kier molecular flexibility index (Phi) is 2.46. The number of nitrogens with zero attached hydrogens (tertiary/aromatic N) is 3. The number of benzene rings is 1. The molecule has 0 saturated carbocycles. The van der Waals surface area contributed by atoms with E-state index in [4.69, 9.17) is 9.37 Å². The van der Waals surface area contributed by atoms with Crippen molar-refractivity contribution < 1.29 is 19.6 Å². The Labute approximate surface area is 144 Å². The van der Waals surface area contributed by atoms with Crippen LogP contribution in [0.4, 0.5) is 0 Å². The summed E-state index contributed by atoms with van der Waals surface area (Å²) in [6.07, 6.45) is 1.60. The van der Waals surface area contributed by atoms with Crippen LogP contribution in [0.5, 0.6) is 11.8 Å². The second-order valence-electron chi connectivity index (χ2n) is 6.82. The summed E-state index contributed by atoms with van der Waals surface area (Å²) in [7, 11) is 0. The number of ether oxygens (including phenoxy) is 1. The van der Waals surface area contributed by atoms with Crippen molar-refractivity contribution in [3.63, 3.8) is 0 Å². The lowest BCUT2D eigenvalue weighted by Gasteiger charge is -2.21. The predicted molar refractivity (Wildman–Crippen MR) is 87.2 cm³/mol. The molecule has 2 aliphatic heterocycles. The summed E-state index contributed by atoms with van der Waals surface area (Å²) in [5.41, 5.74) is 1.61. The van der Waals surface area contributed by atoms with Crippen LogP contribution in [0.2, 0.25) is 0 Å². The first-order valence-electron chi connectivity index (χ1n) is 7.65. The highest BCUT2D eigenvalue weighted by Gasteiger charge is 2.59. The minimum absolute atomic E-state index is 0.0277. The minimum Gasteiger partial charge on any atom is -0.494 e. The molecule has 1 saturated heterocycles. The van der Waals surface area contributed by atoms with E-state index in [0.717, 1.165) is 17.3 Å². The predicted octanol–water partition coefficient (Wildman–Crippen LogP) is 3.44. The van der Waals surface area contributed by atoms with Gasteiger partial charge in [-0.15, -0.1) is 0 Å². The van der Waals surface area contributed by atoms with E-state index < -0.39 is 11.2 Å². The number of aromatic hydroxyl groups is 2. The van der Waals surface area contributed by atoms with E-state index in [-0.39, 0.29) is 11.8 Å². The Morgan fingerprint density at radius 1 is 1.04 bits per heavy atom. The first kappa shape index (κ1) is 14.3. The maximum absolute atomic E-state index is 10.9. The molecule has 0 amide bonds. The van der Waals surface area contributed by atoms with Crippen molar-refractivity contribution in [2.75, 3.05) is 0 Å². The van der Waals surface area contributed by atoms with Gasteiger partial charge in [-0.2, -0.15) is 0 Å². The molecule has 3 aromatic rings. The summed E-state index contributed by atoms with van der Waals surface area (Å²) < 4.78 is 13.1. The highest BCUT2D eigenvalue weighted by molar-refractivity contribution is 9.10. The lowest BCUT2D eigenvalue weighted by Crippen LogP contribution is -2.17. The normalized spacial score (nSPS) is 28.0. The monoisotopic (exact) mass is 391 g/mol. The average Bonchev–Trinajstić information content (AvgIpc) is 3.23. The molecule has 2 unspecified atom stereocenters. The molecule has 0 aliphatic carbocycles. The molecule has 24 heavy (non-hydrogen) atoms. The van der Waals surface area contributed by atoms with Crippen LogP contribution in [-0.4, -0.2) is 25.1 Å². The second kappa shape index (κ2) is 4.12. The van der Waals surface area contributed by atoms with Crippen LogP contribution in [0.1, 0.15) is 37.8 Å². The van der Waals surface area contributed by atoms with E-state index in [9.17, 15) is 10.2 Å². The van der Waals surface area contributed by atoms with Gasteiger partial charge in [-0.3, -0.25) is 0 Å². The third kappa shape index (κ3) is 1.46. The van der Waals surface area contributed by atoms with Gasteiger partial charge in [-0.25, -0.2) is 9.20 Å². The van der Waals surface area contributed by atoms with Crippen molar-refractivity contribution in [2.24, 2.45) is 0 Å². The Morgan fingerprint density at radius 3 is 2.25 bits per heavy atom. The third-order valence-electron chi connectivity index (χ3n) is 5.29. The first-order chi connectivity index (χ1) is 11.4. The molecule has 8 heteroatoms. The van der Waals surface area contributed by atoms with E-state index in [0.29, 0.717) is 27.8 Å². The summed E-state index contributed by atoms with van der Waals surface area (Å²) in [4.78, 5) is 0. The van der Waals surface area contributed by atoms with Crippen LogP contribution >= 0.6 is 15.9 Å². The fraction of sp³-hybridized carbons (Fsp3) is 0.375. The topological polar surface area (TPSA) is 93.5 Å². The van der Waals surface area contributed by atoms with Crippen molar-refractivity contribution in [3.8, 4) is 17.4 Å². The molecule has 2 N–H and O–H groups in total. The fourth-order valence-electron chi connectivity index (χ4n) is 4.21. The van der Waals surface area contributed by atoms with Gasteiger partial charge in [0.2, 0.25) is 11.8 Å². The van der Waals surface area contributed by atoms with E-state index in [1.807, 2.05) is 13.8 Å². The SMILES string of the molecule is CC12CCC(C)(O1)c1c2c(O)n(-c2ccc(Br)c3nonc23)c1O. The number of aromatic nitrogens is 3. The van der Waals surface area contributed by atoms with Crippen molar-refractivity contribution in [1.29, 1.82) is 0 Å². The highest BCUT2D eigenvalue weighted by atomic mass is 79.9. The van der Waals surface area contributed by atoms with Gasteiger partial charge in [-0.05, 0) is 65.1 Å². The van der Waals surface area contributed by atoms with E-state index >= 15 is 0 Å². The lowest BCUT2D eigenvalue weighted by atomic mass is 9.80. The quantitative estimate of drug-likeness (QED) is 0.659. The van der Waals surface area contributed by atoms with Gasteiger partial charge in [0.1, 0.15) is 0 Å². The molecule has 2 aliphatic rings. The number of hydrogen-bond acceptors (Lipinski definition) is 6. The van der Waals surface area contributed by atoms with Gasteiger partial charge in [0.25, 0.3) is 0 Å². The molecule has 1 aromatic carbocycles. The van der Waals surface area contributed by atoms with Crippen molar-refractivity contribution in [3.05, 3.63) is 27.7 Å². The summed E-state index contributed by atoms with van der Waals surface area (Å²) in [5, 5.41) is 29.5.